The molecular weight excluding hydrogens is 286 g/mol. The minimum atomic E-state index is 0.0356. The molecule has 0 aromatic heterocycles. The van der Waals surface area contributed by atoms with Crippen LogP contribution in [0.2, 0.25) is 0 Å². The van der Waals surface area contributed by atoms with E-state index in [9.17, 15) is 4.79 Å². The summed E-state index contributed by atoms with van der Waals surface area (Å²) in [4.78, 5) is 14.5. The highest BCUT2D eigenvalue weighted by Gasteiger charge is 2.33. The SMILES string of the molecule is CCc1ccc(C(C)NC(=O)CN2CCC(N)C(C)(C)C2)cc1. The number of rotatable bonds is 5. The van der Waals surface area contributed by atoms with E-state index in [2.05, 4.69) is 55.3 Å². The number of nitrogens with one attached hydrogen (secondary N) is 1. The fraction of sp³-hybridized carbons (Fsp3) is 0.632. The molecule has 0 bridgehead atoms. The number of hydrogen-bond acceptors (Lipinski definition) is 3. The Bertz CT molecular complexity index is 524. The van der Waals surface area contributed by atoms with Crippen LogP contribution in [-0.2, 0) is 11.2 Å². The lowest BCUT2D eigenvalue weighted by Crippen LogP contribution is -2.54. The third kappa shape index (κ3) is 4.79. The van der Waals surface area contributed by atoms with Crippen molar-refractivity contribution >= 4 is 5.91 Å². The van der Waals surface area contributed by atoms with Crippen LogP contribution in [0.15, 0.2) is 24.3 Å². The van der Waals surface area contributed by atoms with Gasteiger partial charge in [-0.2, -0.15) is 0 Å². The maximum Gasteiger partial charge on any atom is 0.234 e. The number of nitrogens with two attached hydrogens (primary N) is 1. The second-order valence-corrected chi connectivity index (χ2v) is 7.48. The Morgan fingerprint density at radius 3 is 2.61 bits per heavy atom. The third-order valence-corrected chi connectivity index (χ3v) is 5.02. The number of carbonyl (C=O) groups is 1. The van der Waals surface area contributed by atoms with E-state index in [1.807, 2.05) is 6.92 Å². The average molecular weight is 317 g/mol. The van der Waals surface area contributed by atoms with Crippen molar-refractivity contribution in [3.8, 4) is 0 Å². The Hall–Kier alpha value is -1.39. The molecule has 23 heavy (non-hydrogen) atoms. The van der Waals surface area contributed by atoms with Crippen LogP contribution in [-0.4, -0.2) is 36.5 Å². The lowest BCUT2D eigenvalue weighted by atomic mass is 9.80. The zero-order chi connectivity index (χ0) is 17.0. The highest BCUT2D eigenvalue weighted by atomic mass is 16.2. The fourth-order valence-corrected chi connectivity index (χ4v) is 3.24. The van der Waals surface area contributed by atoms with Crippen molar-refractivity contribution in [1.82, 2.24) is 10.2 Å². The topological polar surface area (TPSA) is 58.4 Å². The van der Waals surface area contributed by atoms with Gasteiger partial charge >= 0.3 is 0 Å². The minimum Gasteiger partial charge on any atom is -0.348 e. The Kier molecular flexibility index (Phi) is 5.82. The van der Waals surface area contributed by atoms with Gasteiger partial charge in [0.1, 0.15) is 0 Å². The highest BCUT2D eigenvalue weighted by Crippen LogP contribution is 2.27. The Balaban J connectivity index is 1.86. The number of aryl methyl sites for hydroxylation is 1. The first-order chi connectivity index (χ1) is 10.8. The minimum absolute atomic E-state index is 0.0356. The molecule has 128 valence electrons. The van der Waals surface area contributed by atoms with Crippen molar-refractivity contribution in [2.75, 3.05) is 19.6 Å². The first-order valence-electron chi connectivity index (χ1n) is 8.68. The normalized spacial score (nSPS) is 22.6. The van der Waals surface area contributed by atoms with Gasteiger partial charge in [0, 0.05) is 19.1 Å². The largest absolute Gasteiger partial charge is 0.348 e. The molecule has 1 fully saturated rings. The second kappa shape index (κ2) is 7.45. The molecule has 1 aliphatic heterocycles. The van der Waals surface area contributed by atoms with E-state index >= 15 is 0 Å². The van der Waals surface area contributed by atoms with E-state index in [1.54, 1.807) is 0 Å². The van der Waals surface area contributed by atoms with Crippen LogP contribution in [0.4, 0.5) is 0 Å². The zero-order valence-corrected chi connectivity index (χ0v) is 14.9. The predicted octanol–water partition coefficient (Wildman–Crippen LogP) is 2.49. The maximum atomic E-state index is 12.3. The van der Waals surface area contributed by atoms with Crippen LogP contribution in [0.1, 0.15) is 51.3 Å². The van der Waals surface area contributed by atoms with Gasteiger partial charge in [-0.1, -0.05) is 45.0 Å². The molecular formula is C19H31N3O. The monoisotopic (exact) mass is 317 g/mol. The van der Waals surface area contributed by atoms with Crippen molar-refractivity contribution in [2.24, 2.45) is 11.1 Å². The third-order valence-electron chi connectivity index (χ3n) is 5.02. The summed E-state index contributed by atoms with van der Waals surface area (Å²) in [5.41, 5.74) is 8.70. The summed E-state index contributed by atoms with van der Waals surface area (Å²) in [5.74, 6) is 0.0864. The van der Waals surface area contributed by atoms with Crippen LogP contribution in [0.25, 0.3) is 0 Å². The highest BCUT2D eigenvalue weighted by molar-refractivity contribution is 5.78. The van der Waals surface area contributed by atoms with Gasteiger partial charge in [0.2, 0.25) is 5.91 Å². The maximum absolute atomic E-state index is 12.3. The van der Waals surface area contributed by atoms with Crippen molar-refractivity contribution < 1.29 is 4.79 Å². The smallest absolute Gasteiger partial charge is 0.234 e. The molecule has 4 heteroatoms. The molecule has 0 radical (unpaired) electrons. The lowest BCUT2D eigenvalue weighted by Gasteiger charge is -2.42. The number of carbonyl (C=O) groups excluding carboxylic acids is 1. The Labute approximate surface area is 140 Å². The quantitative estimate of drug-likeness (QED) is 0.877. The van der Waals surface area contributed by atoms with Crippen LogP contribution in [0.3, 0.4) is 0 Å². The van der Waals surface area contributed by atoms with E-state index in [1.165, 1.54) is 5.56 Å². The molecule has 2 unspecified atom stereocenters. The zero-order valence-electron chi connectivity index (χ0n) is 14.9. The average Bonchev–Trinajstić information content (AvgIpc) is 2.50. The molecule has 1 saturated heterocycles. The molecule has 0 spiro atoms. The van der Waals surface area contributed by atoms with Gasteiger partial charge < -0.3 is 11.1 Å². The summed E-state index contributed by atoms with van der Waals surface area (Å²) in [6.07, 6.45) is 1.99. The Morgan fingerprint density at radius 1 is 1.39 bits per heavy atom. The molecule has 3 N–H and O–H groups in total. The number of amides is 1. The predicted molar refractivity (Wildman–Crippen MR) is 95.2 cm³/mol. The number of piperidine rings is 1. The fourth-order valence-electron chi connectivity index (χ4n) is 3.24. The van der Waals surface area contributed by atoms with E-state index in [0.29, 0.717) is 6.54 Å². The van der Waals surface area contributed by atoms with Crippen molar-refractivity contribution in [2.45, 2.75) is 52.6 Å². The van der Waals surface area contributed by atoms with Crippen molar-refractivity contribution in [3.05, 3.63) is 35.4 Å². The summed E-state index contributed by atoms with van der Waals surface area (Å²) in [5, 5.41) is 3.11. The van der Waals surface area contributed by atoms with Crippen LogP contribution < -0.4 is 11.1 Å². The van der Waals surface area contributed by atoms with Crippen LogP contribution in [0, 0.1) is 5.41 Å². The molecule has 2 rings (SSSR count). The van der Waals surface area contributed by atoms with Gasteiger partial charge in [-0.05, 0) is 36.3 Å². The van der Waals surface area contributed by atoms with E-state index < -0.39 is 0 Å². The molecule has 4 nitrogen and oxygen atoms in total. The van der Waals surface area contributed by atoms with E-state index in [-0.39, 0.29) is 23.4 Å². The second-order valence-electron chi connectivity index (χ2n) is 7.48. The Morgan fingerprint density at radius 2 is 2.04 bits per heavy atom. The van der Waals surface area contributed by atoms with Crippen LogP contribution in [0.5, 0.6) is 0 Å². The molecule has 1 aromatic carbocycles. The van der Waals surface area contributed by atoms with Crippen molar-refractivity contribution in [1.29, 1.82) is 0 Å². The number of benzene rings is 1. The van der Waals surface area contributed by atoms with Gasteiger partial charge in [0.05, 0.1) is 12.6 Å². The molecule has 1 aromatic rings. The molecule has 2 atom stereocenters. The summed E-state index contributed by atoms with van der Waals surface area (Å²) in [6, 6.07) is 8.73. The molecule has 0 saturated carbocycles. The van der Waals surface area contributed by atoms with Crippen LogP contribution >= 0.6 is 0 Å². The first-order valence-corrected chi connectivity index (χ1v) is 8.68. The number of nitrogens with zero attached hydrogens (tertiary/aromatic N) is 1. The molecule has 1 amide bonds. The molecule has 0 aliphatic carbocycles. The van der Waals surface area contributed by atoms with Crippen molar-refractivity contribution in [3.63, 3.8) is 0 Å². The van der Waals surface area contributed by atoms with Gasteiger partial charge in [-0.3, -0.25) is 9.69 Å². The summed E-state index contributed by atoms with van der Waals surface area (Å²) in [6.45, 7) is 10.8. The first kappa shape index (κ1) is 18.0. The summed E-state index contributed by atoms with van der Waals surface area (Å²) >= 11 is 0. The van der Waals surface area contributed by atoms with Gasteiger partial charge in [0.15, 0.2) is 0 Å². The summed E-state index contributed by atoms with van der Waals surface area (Å²) < 4.78 is 0. The number of likely N-dealkylation sites (tertiary alicyclic amines) is 1. The van der Waals surface area contributed by atoms with Gasteiger partial charge in [-0.15, -0.1) is 0 Å². The summed E-state index contributed by atoms with van der Waals surface area (Å²) in [7, 11) is 0. The molecule has 1 heterocycles. The lowest BCUT2D eigenvalue weighted by molar-refractivity contribution is -0.123. The molecule has 1 aliphatic rings. The standard InChI is InChI=1S/C19H31N3O/c1-5-15-6-8-16(9-7-15)14(2)21-18(23)12-22-11-10-17(20)19(3,4)13-22/h6-9,14,17H,5,10-13,20H2,1-4H3,(H,21,23). The van der Waals surface area contributed by atoms with E-state index in [0.717, 1.165) is 31.5 Å². The van der Waals surface area contributed by atoms with E-state index in [4.69, 9.17) is 5.73 Å². The van der Waals surface area contributed by atoms with Gasteiger partial charge in [0.25, 0.3) is 0 Å². The number of hydrogen-bond donors (Lipinski definition) is 2. The van der Waals surface area contributed by atoms with Gasteiger partial charge in [-0.25, -0.2) is 0 Å².